The first kappa shape index (κ1) is 12.0. The molecule has 0 radical (unpaired) electrons. The molecule has 0 aliphatic carbocycles. The minimum Gasteiger partial charge on any atom is -0.100 e. The summed E-state index contributed by atoms with van der Waals surface area (Å²) in [5, 5.41) is 0. The molecule has 0 spiro atoms. The average Bonchev–Trinajstić information content (AvgIpc) is 1.89. The molecule has 0 heteroatoms. The maximum absolute atomic E-state index is 3.67. The molecule has 0 unspecified atom stereocenters. The van der Waals surface area contributed by atoms with Gasteiger partial charge in [0, 0.05) is 0 Å². The van der Waals surface area contributed by atoms with E-state index in [1.54, 1.807) is 6.08 Å². The Kier molecular flexibility index (Phi) is 9.82. The third-order valence-corrected chi connectivity index (χ3v) is 0.952. The first-order chi connectivity index (χ1) is 4.54. The van der Waals surface area contributed by atoms with Gasteiger partial charge in [-0.1, -0.05) is 37.3 Å². The summed E-state index contributed by atoms with van der Waals surface area (Å²) in [5.41, 5.74) is 2.27. The van der Waals surface area contributed by atoms with Crippen molar-refractivity contribution >= 4 is 0 Å². The summed E-state index contributed by atoms with van der Waals surface area (Å²) in [6.45, 7) is 16.7. The van der Waals surface area contributed by atoms with Crippen LogP contribution in [0.1, 0.15) is 27.2 Å². The van der Waals surface area contributed by atoms with Gasteiger partial charge in [0.1, 0.15) is 0 Å². The monoisotopic (exact) mass is 138 g/mol. The van der Waals surface area contributed by atoms with E-state index in [0.29, 0.717) is 0 Å². The standard InChI is InChI=1S/C5H10.C5H8/c2*1-4-5(2)3/h2,4H2,1,3H3;4H,1-2H2,3H3. The lowest BCUT2D eigenvalue weighted by Gasteiger charge is -1.79. The summed E-state index contributed by atoms with van der Waals surface area (Å²) in [7, 11) is 0. The molecule has 0 nitrogen and oxygen atoms in total. The smallest absolute Gasteiger partial charge is 0.0354 e. The summed E-state index contributed by atoms with van der Waals surface area (Å²) in [6.07, 6.45) is 2.83. The second-order valence-corrected chi connectivity index (χ2v) is 2.36. The van der Waals surface area contributed by atoms with Crippen molar-refractivity contribution in [3.05, 3.63) is 37.0 Å². The van der Waals surface area contributed by atoms with Crippen LogP contribution in [-0.2, 0) is 0 Å². The first-order valence-corrected chi connectivity index (χ1v) is 3.46. The van der Waals surface area contributed by atoms with Crippen molar-refractivity contribution in [3.63, 3.8) is 0 Å². The lowest BCUT2D eigenvalue weighted by atomic mass is 10.3. The quantitative estimate of drug-likeness (QED) is 0.403. The Morgan fingerprint density at radius 3 is 1.50 bits per heavy atom. The van der Waals surface area contributed by atoms with Crippen molar-refractivity contribution in [3.8, 4) is 0 Å². The Morgan fingerprint density at radius 1 is 1.30 bits per heavy atom. The fraction of sp³-hybridized carbons (Fsp3) is 0.400. The van der Waals surface area contributed by atoms with Crippen molar-refractivity contribution in [2.75, 3.05) is 0 Å². The molecule has 0 rings (SSSR count). The van der Waals surface area contributed by atoms with Gasteiger partial charge in [-0.15, -0.1) is 6.58 Å². The minimum atomic E-state index is 1.02. The van der Waals surface area contributed by atoms with E-state index in [-0.39, 0.29) is 0 Å². The van der Waals surface area contributed by atoms with Gasteiger partial charge in [-0.25, -0.2) is 0 Å². The first-order valence-electron chi connectivity index (χ1n) is 3.46. The lowest BCUT2D eigenvalue weighted by molar-refractivity contribution is 1.11. The second kappa shape index (κ2) is 8.22. The maximum atomic E-state index is 3.67. The van der Waals surface area contributed by atoms with Gasteiger partial charge in [0.2, 0.25) is 0 Å². The van der Waals surface area contributed by atoms with E-state index in [2.05, 4.69) is 26.7 Å². The third-order valence-electron chi connectivity index (χ3n) is 0.952. The van der Waals surface area contributed by atoms with Gasteiger partial charge < -0.3 is 0 Å². The molecule has 0 N–H and O–H groups in total. The van der Waals surface area contributed by atoms with Gasteiger partial charge in [0.05, 0.1) is 0 Å². The zero-order valence-electron chi connectivity index (χ0n) is 7.41. The molecular formula is C10H18. The molecule has 0 fully saturated rings. The Morgan fingerprint density at radius 2 is 1.50 bits per heavy atom. The largest absolute Gasteiger partial charge is 0.100 e. The Balaban J connectivity index is 0. The van der Waals surface area contributed by atoms with Crippen molar-refractivity contribution < 1.29 is 0 Å². The van der Waals surface area contributed by atoms with E-state index in [0.717, 1.165) is 12.0 Å². The van der Waals surface area contributed by atoms with E-state index in [1.807, 2.05) is 13.8 Å². The van der Waals surface area contributed by atoms with Crippen LogP contribution >= 0.6 is 0 Å². The number of rotatable bonds is 2. The molecular weight excluding hydrogens is 120 g/mol. The summed E-state index contributed by atoms with van der Waals surface area (Å²) in [4.78, 5) is 0. The number of hydrogen-bond donors (Lipinski definition) is 0. The predicted octanol–water partition coefficient (Wildman–Crippen LogP) is 3.72. The highest BCUT2D eigenvalue weighted by atomic mass is 13.7. The molecule has 0 aromatic rings. The average molecular weight is 138 g/mol. The summed E-state index contributed by atoms with van der Waals surface area (Å²) in [6, 6.07) is 0. The van der Waals surface area contributed by atoms with Gasteiger partial charge in [0.15, 0.2) is 0 Å². The van der Waals surface area contributed by atoms with E-state index in [1.165, 1.54) is 5.57 Å². The molecule has 0 bridgehead atoms. The van der Waals surface area contributed by atoms with Gasteiger partial charge in [-0.2, -0.15) is 0 Å². The second-order valence-electron chi connectivity index (χ2n) is 2.36. The highest BCUT2D eigenvalue weighted by Crippen LogP contribution is 1.88. The van der Waals surface area contributed by atoms with Crippen molar-refractivity contribution in [1.29, 1.82) is 0 Å². The predicted molar refractivity (Wildman–Crippen MR) is 50.1 cm³/mol. The van der Waals surface area contributed by atoms with Crippen LogP contribution < -0.4 is 0 Å². The van der Waals surface area contributed by atoms with Gasteiger partial charge >= 0.3 is 0 Å². The lowest BCUT2D eigenvalue weighted by Crippen LogP contribution is -1.58. The SMILES string of the molecule is C=C(C)CC.C=CC(=C)C. The van der Waals surface area contributed by atoms with E-state index >= 15 is 0 Å². The zero-order valence-corrected chi connectivity index (χ0v) is 7.41. The Hall–Kier alpha value is -0.780. The molecule has 0 aliphatic heterocycles. The highest BCUT2D eigenvalue weighted by molar-refractivity contribution is 5.05. The van der Waals surface area contributed by atoms with Gasteiger partial charge in [-0.3, -0.25) is 0 Å². The van der Waals surface area contributed by atoms with Crippen molar-refractivity contribution in [1.82, 2.24) is 0 Å². The topological polar surface area (TPSA) is 0 Å². The van der Waals surface area contributed by atoms with Crippen LogP contribution in [0.4, 0.5) is 0 Å². The molecule has 0 aromatic carbocycles. The molecule has 58 valence electrons. The minimum absolute atomic E-state index is 1.02. The van der Waals surface area contributed by atoms with Crippen LogP contribution in [0.25, 0.3) is 0 Å². The Bertz CT molecular complexity index is 118. The summed E-state index contributed by atoms with van der Waals surface area (Å²) in [5.74, 6) is 0. The normalized spacial score (nSPS) is 7.10. The van der Waals surface area contributed by atoms with Crippen molar-refractivity contribution in [2.24, 2.45) is 0 Å². The van der Waals surface area contributed by atoms with Crippen LogP contribution in [-0.4, -0.2) is 0 Å². The van der Waals surface area contributed by atoms with E-state index in [9.17, 15) is 0 Å². The Labute approximate surface area is 65.0 Å². The van der Waals surface area contributed by atoms with Gasteiger partial charge in [0.25, 0.3) is 0 Å². The molecule has 0 aliphatic rings. The van der Waals surface area contributed by atoms with Crippen LogP contribution in [0.15, 0.2) is 37.0 Å². The summed E-state index contributed by atoms with van der Waals surface area (Å²) >= 11 is 0. The molecule has 0 amide bonds. The van der Waals surface area contributed by atoms with Crippen LogP contribution in [0, 0.1) is 0 Å². The summed E-state index contributed by atoms with van der Waals surface area (Å²) < 4.78 is 0. The molecule has 0 heterocycles. The molecule has 10 heavy (non-hydrogen) atoms. The molecule has 0 saturated carbocycles. The number of hydrogen-bond acceptors (Lipinski definition) is 0. The zero-order chi connectivity index (χ0) is 8.57. The maximum Gasteiger partial charge on any atom is -0.0354 e. The van der Waals surface area contributed by atoms with E-state index in [4.69, 9.17) is 0 Å². The molecule has 0 atom stereocenters. The third kappa shape index (κ3) is 26.9. The molecule has 0 aromatic heterocycles. The fourth-order valence-corrected chi connectivity index (χ4v) is 0. The van der Waals surface area contributed by atoms with Crippen molar-refractivity contribution in [2.45, 2.75) is 27.2 Å². The molecule has 0 saturated heterocycles. The van der Waals surface area contributed by atoms with Crippen LogP contribution in [0.2, 0.25) is 0 Å². The van der Waals surface area contributed by atoms with Crippen LogP contribution in [0.5, 0.6) is 0 Å². The fourth-order valence-electron chi connectivity index (χ4n) is 0. The van der Waals surface area contributed by atoms with Gasteiger partial charge in [-0.05, 0) is 20.3 Å². The van der Waals surface area contributed by atoms with E-state index < -0.39 is 0 Å². The highest BCUT2D eigenvalue weighted by Gasteiger charge is 1.67. The number of allylic oxidation sites excluding steroid dienone is 3. The van der Waals surface area contributed by atoms with Crippen LogP contribution in [0.3, 0.4) is 0 Å².